The zero-order chi connectivity index (χ0) is 23.4. The highest BCUT2D eigenvalue weighted by Crippen LogP contribution is 2.21. The number of para-hydroxylation sites is 1. The van der Waals surface area contributed by atoms with Crippen LogP contribution in [0, 0.1) is 6.92 Å². The molecular formula is C21H21N3O6S2. The number of hydrogen-bond acceptors (Lipinski definition) is 6. The van der Waals surface area contributed by atoms with Crippen molar-refractivity contribution in [3.05, 3.63) is 78.4 Å². The van der Waals surface area contributed by atoms with Gasteiger partial charge in [0.15, 0.2) is 6.61 Å². The lowest BCUT2D eigenvalue weighted by Gasteiger charge is -2.11. The first-order valence-corrected chi connectivity index (χ1v) is 12.3. The number of nitrogens with two attached hydrogens (primary N) is 1. The van der Waals surface area contributed by atoms with E-state index in [4.69, 9.17) is 9.88 Å². The van der Waals surface area contributed by atoms with Gasteiger partial charge in [0.1, 0.15) is 5.75 Å². The molecule has 0 aromatic heterocycles. The van der Waals surface area contributed by atoms with E-state index in [1.165, 1.54) is 48.5 Å². The first-order chi connectivity index (χ1) is 15.0. The molecule has 3 aromatic rings. The fourth-order valence-corrected chi connectivity index (χ4v) is 4.33. The molecule has 11 heteroatoms. The number of amides is 1. The van der Waals surface area contributed by atoms with Gasteiger partial charge in [-0.15, -0.1) is 0 Å². The summed E-state index contributed by atoms with van der Waals surface area (Å²) in [5.74, 6) is -0.175. The van der Waals surface area contributed by atoms with Crippen molar-refractivity contribution in [2.75, 3.05) is 16.6 Å². The molecule has 0 spiro atoms. The Balaban J connectivity index is 1.57. The van der Waals surface area contributed by atoms with Crippen LogP contribution in [-0.2, 0) is 24.8 Å². The zero-order valence-electron chi connectivity index (χ0n) is 17.0. The Bertz CT molecular complexity index is 1320. The molecule has 168 valence electrons. The highest BCUT2D eigenvalue weighted by atomic mass is 32.2. The third-order valence-corrected chi connectivity index (χ3v) is 6.67. The summed E-state index contributed by atoms with van der Waals surface area (Å²) in [6.45, 7) is 1.47. The molecule has 0 aliphatic heterocycles. The van der Waals surface area contributed by atoms with Crippen LogP contribution in [0.4, 0.5) is 11.4 Å². The largest absolute Gasteiger partial charge is 0.484 e. The Hall–Kier alpha value is -3.41. The fourth-order valence-electron chi connectivity index (χ4n) is 2.68. The molecular weight excluding hydrogens is 454 g/mol. The number of anilines is 2. The molecule has 4 N–H and O–H groups in total. The van der Waals surface area contributed by atoms with E-state index in [1.54, 1.807) is 25.1 Å². The molecule has 0 aliphatic carbocycles. The molecule has 0 fully saturated rings. The number of sulfonamides is 2. The van der Waals surface area contributed by atoms with E-state index in [0.29, 0.717) is 17.1 Å². The second kappa shape index (κ2) is 9.39. The third-order valence-electron chi connectivity index (χ3n) is 4.36. The minimum absolute atomic E-state index is 0.0486. The highest BCUT2D eigenvalue weighted by Gasteiger charge is 2.15. The standard InChI is InChI=1S/C21H21N3O6S2/c1-15-4-2-3-5-20(15)24-32(28,29)19-12-8-17(9-13-19)30-14-21(25)23-16-6-10-18(11-7-16)31(22,26)27/h2-13,24H,14H2,1H3,(H,23,25)(H2,22,26,27). The van der Waals surface area contributed by atoms with Gasteiger partial charge in [0.2, 0.25) is 10.0 Å². The van der Waals surface area contributed by atoms with Gasteiger partial charge in [-0.1, -0.05) is 18.2 Å². The van der Waals surface area contributed by atoms with Crippen molar-refractivity contribution in [2.24, 2.45) is 5.14 Å². The van der Waals surface area contributed by atoms with Crippen LogP contribution in [0.25, 0.3) is 0 Å². The number of primary sulfonamides is 1. The molecule has 0 saturated carbocycles. The van der Waals surface area contributed by atoms with Crippen LogP contribution in [0.1, 0.15) is 5.56 Å². The Kier molecular flexibility index (Phi) is 6.82. The van der Waals surface area contributed by atoms with E-state index in [0.717, 1.165) is 5.56 Å². The van der Waals surface area contributed by atoms with Gasteiger partial charge in [-0.3, -0.25) is 9.52 Å². The van der Waals surface area contributed by atoms with E-state index >= 15 is 0 Å². The molecule has 0 heterocycles. The van der Waals surface area contributed by atoms with Crippen LogP contribution in [-0.4, -0.2) is 29.3 Å². The molecule has 1 amide bonds. The van der Waals surface area contributed by atoms with Gasteiger partial charge in [0, 0.05) is 5.69 Å². The normalized spacial score (nSPS) is 11.6. The maximum atomic E-state index is 12.6. The van der Waals surface area contributed by atoms with Crippen molar-refractivity contribution in [3.63, 3.8) is 0 Å². The predicted octanol–water partition coefficient (Wildman–Crippen LogP) is 2.46. The van der Waals surface area contributed by atoms with Crippen molar-refractivity contribution >= 4 is 37.3 Å². The Morgan fingerprint density at radius 3 is 2.06 bits per heavy atom. The summed E-state index contributed by atoms with van der Waals surface area (Å²) in [6, 6.07) is 18.0. The Morgan fingerprint density at radius 2 is 1.47 bits per heavy atom. The number of benzene rings is 3. The summed E-state index contributed by atoms with van der Waals surface area (Å²) >= 11 is 0. The second-order valence-electron chi connectivity index (χ2n) is 6.80. The van der Waals surface area contributed by atoms with Gasteiger partial charge in [0.05, 0.1) is 15.5 Å². The van der Waals surface area contributed by atoms with Crippen LogP contribution >= 0.6 is 0 Å². The molecule has 0 atom stereocenters. The minimum Gasteiger partial charge on any atom is -0.484 e. The van der Waals surface area contributed by atoms with Gasteiger partial charge in [-0.05, 0) is 67.1 Å². The van der Waals surface area contributed by atoms with E-state index < -0.39 is 26.0 Å². The fraction of sp³-hybridized carbons (Fsp3) is 0.0952. The van der Waals surface area contributed by atoms with Gasteiger partial charge in [-0.25, -0.2) is 22.0 Å². The van der Waals surface area contributed by atoms with Gasteiger partial charge < -0.3 is 10.1 Å². The number of hydrogen-bond donors (Lipinski definition) is 3. The van der Waals surface area contributed by atoms with Gasteiger partial charge in [-0.2, -0.15) is 0 Å². The summed E-state index contributed by atoms with van der Waals surface area (Å²) in [5.41, 5.74) is 1.65. The lowest BCUT2D eigenvalue weighted by Crippen LogP contribution is -2.20. The molecule has 0 radical (unpaired) electrons. The summed E-state index contributed by atoms with van der Waals surface area (Å²) in [5, 5.41) is 7.58. The predicted molar refractivity (Wildman–Crippen MR) is 120 cm³/mol. The van der Waals surface area contributed by atoms with Crippen molar-refractivity contribution < 1.29 is 26.4 Å². The van der Waals surface area contributed by atoms with Crippen LogP contribution in [0.5, 0.6) is 5.75 Å². The number of ether oxygens (including phenoxy) is 1. The van der Waals surface area contributed by atoms with Gasteiger partial charge >= 0.3 is 0 Å². The first kappa shape index (κ1) is 23.3. The summed E-state index contributed by atoms with van der Waals surface area (Å²) in [4.78, 5) is 12.0. The van der Waals surface area contributed by atoms with E-state index in [2.05, 4.69) is 10.0 Å². The van der Waals surface area contributed by atoms with E-state index in [-0.39, 0.29) is 16.4 Å². The van der Waals surface area contributed by atoms with Crippen LogP contribution in [0.3, 0.4) is 0 Å². The highest BCUT2D eigenvalue weighted by molar-refractivity contribution is 7.92. The summed E-state index contributed by atoms with van der Waals surface area (Å²) in [7, 11) is -7.59. The molecule has 0 aliphatic rings. The average molecular weight is 476 g/mol. The topological polar surface area (TPSA) is 145 Å². The van der Waals surface area contributed by atoms with Crippen molar-refractivity contribution in [2.45, 2.75) is 16.7 Å². The Morgan fingerprint density at radius 1 is 0.875 bits per heavy atom. The molecule has 3 aromatic carbocycles. The number of aryl methyl sites for hydroxylation is 1. The van der Waals surface area contributed by atoms with Crippen LogP contribution < -0.4 is 19.9 Å². The third kappa shape index (κ3) is 6.06. The number of carbonyl (C=O) groups is 1. The van der Waals surface area contributed by atoms with E-state index in [1.807, 2.05) is 6.07 Å². The second-order valence-corrected chi connectivity index (χ2v) is 10.0. The SMILES string of the molecule is Cc1ccccc1NS(=O)(=O)c1ccc(OCC(=O)Nc2ccc(S(N)(=O)=O)cc2)cc1. The van der Waals surface area contributed by atoms with Gasteiger partial charge in [0.25, 0.3) is 15.9 Å². The molecule has 0 bridgehead atoms. The lowest BCUT2D eigenvalue weighted by molar-refractivity contribution is -0.118. The number of carbonyl (C=O) groups excluding carboxylic acids is 1. The van der Waals surface area contributed by atoms with E-state index in [9.17, 15) is 21.6 Å². The number of nitrogens with one attached hydrogen (secondary N) is 2. The monoisotopic (exact) mass is 475 g/mol. The maximum Gasteiger partial charge on any atom is 0.262 e. The Labute approximate surface area is 186 Å². The molecule has 0 unspecified atom stereocenters. The maximum absolute atomic E-state index is 12.6. The van der Waals surface area contributed by atoms with Crippen molar-refractivity contribution in [3.8, 4) is 5.75 Å². The lowest BCUT2D eigenvalue weighted by atomic mass is 10.2. The number of rotatable bonds is 8. The molecule has 0 saturated heterocycles. The summed E-state index contributed by atoms with van der Waals surface area (Å²) in [6.07, 6.45) is 0. The molecule has 3 rings (SSSR count). The van der Waals surface area contributed by atoms with Crippen LogP contribution in [0.15, 0.2) is 82.6 Å². The average Bonchev–Trinajstić information content (AvgIpc) is 2.74. The minimum atomic E-state index is -3.81. The van der Waals surface area contributed by atoms with Crippen molar-refractivity contribution in [1.29, 1.82) is 0 Å². The molecule has 32 heavy (non-hydrogen) atoms. The molecule has 9 nitrogen and oxygen atoms in total. The summed E-state index contributed by atoms with van der Waals surface area (Å²) < 4.78 is 55.5. The zero-order valence-corrected chi connectivity index (χ0v) is 18.6. The van der Waals surface area contributed by atoms with Crippen molar-refractivity contribution in [1.82, 2.24) is 0 Å². The first-order valence-electron chi connectivity index (χ1n) is 9.29. The van der Waals surface area contributed by atoms with Crippen LogP contribution in [0.2, 0.25) is 0 Å². The smallest absolute Gasteiger partial charge is 0.262 e. The quantitative estimate of drug-likeness (QED) is 0.456.